The van der Waals surface area contributed by atoms with E-state index in [1.807, 2.05) is 20.2 Å². The molecule has 0 spiro atoms. The minimum atomic E-state index is -0.364. The SMILES string of the molecule is C=CCNC(C)[N+](C)(C)C(C)O. The Morgan fingerprint density at radius 3 is 2.33 bits per heavy atom. The fourth-order valence-corrected chi connectivity index (χ4v) is 0.813. The minimum Gasteiger partial charge on any atom is -0.345 e. The Kier molecular flexibility index (Phi) is 4.45. The first-order valence-electron chi connectivity index (χ1n) is 4.28. The molecule has 3 heteroatoms. The van der Waals surface area contributed by atoms with Crippen LogP contribution in [0.1, 0.15) is 13.8 Å². The molecule has 3 nitrogen and oxygen atoms in total. The van der Waals surface area contributed by atoms with E-state index < -0.39 is 0 Å². The molecule has 0 aliphatic carbocycles. The lowest BCUT2D eigenvalue weighted by Gasteiger charge is -2.38. The number of aliphatic hydroxyl groups excluding tert-OH is 1. The number of rotatable bonds is 5. The van der Waals surface area contributed by atoms with E-state index in [0.717, 1.165) is 6.54 Å². The highest BCUT2D eigenvalue weighted by Gasteiger charge is 2.27. The molecule has 0 aromatic rings. The van der Waals surface area contributed by atoms with Gasteiger partial charge in [-0.2, -0.15) is 0 Å². The summed E-state index contributed by atoms with van der Waals surface area (Å²) in [6, 6.07) is 0. The fraction of sp³-hybridized carbons (Fsp3) is 0.778. The molecule has 0 radical (unpaired) electrons. The summed E-state index contributed by atoms with van der Waals surface area (Å²) in [7, 11) is 3.98. The minimum absolute atomic E-state index is 0.225. The summed E-state index contributed by atoms with van der Waals surface area (Å²) in [5, 5.41) is 12.7. The van der Waals surface area contributed by atoms with Crippen LogP contribution in [0.15, 0.2) is 12.7 Å². The quantitative estimate of drug-likeness (QED) is 0.361. The van der Waals surface area contributed by atoms with Gasteiger partial charge in [-0.1, -0.05) is 6.08 Å². The molecule has 0 bridgehead atoms. The van der Waals surface area contributed by atoms with Crippen LogP contribution in [0.2, 0.25) is 0 Å². The van der Waals surface area contributed by atoms with Crippen LogP contribution in [0.4, 0.5) is 0 Å². The molecule has 0 aliphatic heterocycles. The van der Waals surface area contributed by atoms with Crippen molar-refractivity contribution >= 4 is 0 Å². The van der Waals surface area contributed by atoms with Gasteiger partial charge in [0.15, 0.2) is 6.23 Å². The number of hydrogen-bond donors (Lipinski definition) is 2. The molecule has 0 fully saturated rings. The Morgan fingerprint density at radius 2 is 2.00 bits per heavy atom. The summed E-state index contributed by atoms with van der Waals surface area (Å²) >= 11 is 0. The third-order valence-electron chi connectivity index (χ3n) is 2.52. The average Bonchev–Trinajstić information content (AvgIpc) is 1.99. The normalized spacial score (nSPS) is 17.1. The van der Waals surface area contributed by atoms with E-state index in [2.05, 4.69) is 18.8 Å². The van der Waals surface area contributed by atoms with Gasteiger partial charge in [-0.15, -0.1) is 6.58 Å². The first-order valence-corrected chi connectivity index (χ1v) is 4.28. The molecule has 0 amide bonds. The number of quaternary nitrogens is 1. The second kappa shape index (κ2) is 4.60. The summed E-state index contributed by atoms with van der Waals surface area (Å²) < 4.78 is 0.549. The summed E-state index contributed by atoms with van der Waals surface area (Å²) in [4.78, 5) is 0. The molecule has 0 aliphatic rings. The van der Waals surface area contributed by atoms with Crippen molar-refractivity contribution in [2.75, 3.05) is 20.6 Å². The molecule has 0 aromatic carbocycles. The second-order valence-electron chi connectivity index (χ2n) is 3.63. The van der Waals surface area contributed by atoms with E-state index in [4.69, 9.17) is 0 Å². The number of hydrogen-bond acceptors (Lipinski definition) is 2. The Bertz CT molecular complexity index is 143. The van der Waals surface area contributed by atoms with Crippen molar-refractivity contribution in [3.63, 3.8) is 0 Å². The average molecular weight is 173 g/mol. The van der Waals surface area contributed by atoms with Crippen LogP contribution in [-0.2, 0) is 0 Å². The maximum atomic E-state index is 9.46. The van der Waals surface area contributed by atoms with Gasteiger partial charge in [0.2, 0.25) is 0 Å². The monoisotopic (exact) mass is 173 g/mol. The Balaban J connectivity index is 4.05. The van der Waals surface area contributed by atoms with Crippen LogP contribution in [0.3, 0.4) is 0 Å². The molecule has 2 atom stereocenters. The highest BCUT2D eigenvalue weighted by molar-refractivity contribution is 4.70. The fourth-order valence-electron chi connectivity index (χ4n) is 0.813. The van der Waals surface area contributed by atoms with Crippen molar-refractivity contribution in [1.82, 2.24) is 5.32 Å². The molecule has 0 heterocycles. The highest BCUT2D eigenvalue weighted by atomic mass is 16.3. The third kappa shape index (κ3) is 2.93. The first-order chi connectivity index (χ1) is 5.42. The number of aliphatic hydroxyl groups is 1. The van der Waals surface area contributed by atoms with Gasteiger partial charge >= 0.3 is 0 Å². The van der Waals surface area contributed by atoms with E-state index >= 15 is 0 Å². The van der Waals surface area contributed by atoms with Gasteiger partial charge in [-0.3, -0.25) is 9.80 Å². The van der Waals surface area contributed by atoms with Gasteiger partial charge in [0.05, 0.1) is 14.1 Å². The molecule has 72 valence electrons. The van der Waals surface area contributed by atoms with Crippen molar-refractivity contribution in [1.29, 1.82) is 0 Å². The maximum absolute atomic E-state index is 9.46. The number of nitrogens with one attached hydrogen (secondary N) is 1. The van der Waals surface area contributed by atoms with Crippen LogP contribution >= 0.6 is 0 Å². The molecule has 2 unspecified atom stereocenters. The molecule has 0 saturated carbocycles. The van der Waals surface area contributed by atoms with Gasteiger partial charge in [-0.05, 0) is 0 Å². The Morgan fingerprint density at radius 1 is 1.50 bits per heavy atom. The zero-order chi connectivity index (χ0) is 9.78. The molecular formula is C9H21N2O+. The van der Waals surface area contributed by atoms with Crippen LogP contribution in [0.25, 0.3) is 0 Å². The van der Waals surface area contributed by atoms with Gasteiger partial charge in [0.1, 0.15) is 6.17 Å². The van der Waals surface area contributed by atoms with Crippen molar-refractivity contribution < 1.29 is 9.59 Å². The van der Waals surface area contributed by atoms with Crippen molar-refractivity contribution in [3.05, 3.63) is 12.7 Å². The van der Waals surface area contributed by atoms with Gasteiger partial charge in [-0.25, -0.2) is 0 Å². The zero-order valence-electron chi connectivity index (χ0n) is 8.54. The topological polar surface area (TPSA) is 32.3 Å². The molecule has 0 aromatic heterocycles. The predicted molar refractivity (Wildman–Crippen MR) is 51.5 cm³/mol. The van der Waals surface area contributed by atoms with Crippen LogP contribution < -0.4 is 5.32 Å². The van der Waals surface area contributed by atoms with Crippen molar-refractivity contribution in [2.24, 2.45) is 0 Å². The van der Waals surface area contributed by atoms with E-state index in [9.17, 15) is 5.11 Å². The molecule has 12 heavy (non-hydrogen) atoms. The van der Waals surface area contributed by atoms with Crippen molar-refractivity contribution in [2.45, 2.75) is 26.2 Å². The van der Waals surface area contributed by atoms with Gasteiger partial charge in [0, 0.05) is 20.4 Å². The van der Waals surface area contributed by atoms with E-state index in [-0.39, 0.29) is 12.4 Å². The predicted octanol–water partition coefficient (Wildman–Crippen LogP) is 0.523. The summed E-state index contributed by atoms with van der Waals surface area (Å²) in [5.74, 6) is 0. The summed E-state index contributed by atoms with van der Waals surface area (Å²) in [5.41, 5.74) is 0. The van der Waals surface area contributed by atoms with Crippen molar-refractivity contribution in [3.8, 4) is 0 Å². The summed E-state index contributed by atoms with van der Waals surface area (Å²) in [6.07, 6.45) is 1.68. The van der Waals surface area contributed by atoms with Gasteiger partial charge < -0.3 is 5.11 Å². The van der Waals surface area contributed by atoms with Crippen LogP contribution in [-0.4, -0.2) is 42.6 Å². The maximum Gasteiger partial charge on any atom is 0.188 e. The van der Waals surface area contributed by atoms with Gasteiger partial charge in [0.25, 0.3) is 0 Å². The standard InChI is InChI=1S/C9H21N2O/c1-6-7-10-8(2)11(4,5)9(3)12/h6,8-10,12H,1,7H2,2-5H3/q+1. The molecule has 0 rings (SSSR count). The molecule has 0 saturated heterocycles. The lowest BCUT2D eigenvalue weighted by Crippen LogP contribution is -2.59. The highest BCUT2D eigenvalue weighted by Crippen LogP contribution is 2.07. The Hall–Kier alpha value is -0.380. The lowest BCUT2D eigenvalue weighted by molar-refractivity contribution is -0.958. The zero-order valence-corrected chi connectivity index (χ0v) is 8.54. The number of nitrogens with zero attached hydrogens (tertiary/aromatic N) is 1. The van der Waals surface area contributed by atoms with Crippen LogP contribution in [0.5, 0.6) is 0 Å². The van der Waals surface area contributed by atoms with E-state index in [0.29, 0.717) is 4.48 Å². The third-order valence-corrected chi connectivity index (χ3v) is 2.52. The Labute approximate surface area is 75.3 Å². The second-order valence-corrected chi connectivity index (χ2v) is 3.63. The largest absolute Gasteiger partial charge is 0.345 e. The van der Waals surface area contributed by atoms with Crippen LogP contribution in [0, 0.1) is 0 Å². The first kappa shape index (κ1) is 11.6. The summed E-state index contributed by atoms with van der Waals surface area (Å²) in [6.45, 7) is 8.25. The molecular weight excluding hydrogens is 152 g/mol. The van der Waals surface area contributed by atoms with E-state index in [1.54, 1.807) is 6.92 Å². The van der Waals surface area contributed by atoms with E-state index in [1.165, 1.54) is 0 Å². The smallest absolute Gasteiger partial charge is 0.188 e. The molecule has 2 N–H and O–H groups in total. The lowest BCUT2D eigenvalue weighted by atomic mass is 10.3.